The van der Waals surface area contributed by atoms with Crippen LogP contribution in [0.1, 0.15) is 6.92 Å². The van der Waals surface area contributed by atoms with Gasteiger partial charge in [-0.1, -0.05) is 84.7 Å². The average molecular weight is 252 g/mol. The molecule has 2 rings (SSSR count). The summed E-state index contributed by atoms with van der Waals surface area (Å²) in [5.41, 5.74) is 1.09. The van der Waals surface area contributed by atoms with E-state index in [1.807, 2.05) is 6.92 Å². The van der Waals surface area contributed by atoms with Crippen molar-refractivity contribution in [2.24, 2.45) is 0 Å². The number of benzene rings is 2. The Balaban J connectivity index is 2.38. The molecule has 0 amide bonds. The molecule has 0 N–H and O–H groups in total. The smallest absolute Gasteiger partial charge is 0.0157 e. The number of hydrogen-bond donors (Lipinski definition) is 0. The van der Waals surface area contributed by atoms with Gasteiger partial charge in [0.1, 0.15) is 0 Å². The molecule has 0 aliphatic carbocycles. The lowest BCUT2D eigenvalue weighted by atomic mass is 10.4. The number of rotatable bonds is 4. The van der Waals surface area contributed by atoms with Gasteiger partial charge < -0.3 is 0 Å². The van der Waals surface area contributed by atoms with Gasteiger partial charge in [0.05, 0.1) is 0 Å². The Morgan fingerprint density at radius 1 is 0.889 bits per heavy atom. The summed E-state index contributed by atoms with van der Waals surface area (Å²) in [6, 6.07) is 21.3. The molecule has 0 saturated carbocycles. The minimum absolute atomic E-state index is 0.425. The standard InChI is InChI=1S/C17H17P/c1-15(2)13-14-18(16-9-5-3-6-10-16)17-11-7-4-8-12-17/h3-14H,1H2,2H3. The summed E-state index contributed by atoms with van der Waals surface area (Å²) in [6.07, 6.45) is 2.12. The van der Waals surface area contributed by atoms with E-state index in [0.29, 0.717) is 0 Å². The molecule has 0 nitrogen and oxygen atoms in total. The van der Waals surface area contributed by atoms with Crippen molar-refractivity contribution in [3.63, 3.8) is 0 Å². The van der Waals surface area contributed by atoms with Crippen LogP contribution in [-0.2, 0) is 0 Å². The molecule has 0 aromatic heterocycles. The topological polar surface area (TPSA) is 0 Å². The summed E-state index contributed by atoms with van der Waals surface area (Å²) in [5.74, 6) is 2.28. The molecule has 0 radical (unpaired) electrons. The van der Waals surface area contributed by atoms with Gasteiger partial charge in [-0.05, 0) is 25.5 Å². The van der Waals surface area contributed by atoms with Crippen LogP contribution in [-0.4, -0.2) is 0 Å². The van der Waals surface area contributed by atoms with E-state index in [4.69, 9.17) is 0 Å². The molecule has 18 heavy (non-hydrogen) atoms. The van der Waals surface area contributed by atoms with Gasteiger partial charge in [-0.2, -0.15) is 0 Å². The monoisotopic (exact) mass is 252 g/mol. The van der Waals surface area contributed by atoms with E-state index < -0.39 is 7.92 Å². The van der Waals surface area contributed by atoms with Crippen molar-refractivity contribution in [3.8, 4) is 0 Å². The van der Waals surface area contributed by atoms with Crippen molar-refractivity contribution in [2.75, 3.05) is 0 Å². The highest BCUT2D eigenvalue weighted by molar-refractivity contribution is 7.75. The number of allylic oxidation sites excluding steroid dienone is 2. The van der Waals surface area contributed by atoms with Gasteiger partial charge in [-0.15, -0.1) is 0 Å². The van der Waals surface area contributed by atoms with Crippen molar-refractivity contribution >= 4 is 18.5 Å². The fourth-order valence-corrected chi connectivity index (χ4v) is 3.73. The molecule has 2 aromatic rings. The molecule has 0 bridgehead atoms. The van der Waals surface area contributed by atoms with Crippen LogP contribution >= 0.6 is 7.92 Å². The van der Waals surface area contributed by atoms with Gasteiger partial charge >= 0.3 is 0 Å². The molecular formula is C17H17P. The Morgan fingerprint density at radius 3 is 1.72 bits per heavy atom. The Morgan fingerprint density at radius 2 is 1.33 bits per heavy atom. The molecule has 0 spiro atoms. The largest absolute Gasteiger partial charge is 0.0961 e. The maximum absolute atomic E-state index is 3.94. The van der Waals surface area contributed by atoms with Gasteiger partial charge in [0.2, 0.25) is 0 Å². The molecule has 0 fully saturated rings. The van der Waals surface area contributed by atoms with Crippen molar-refractivity contribution in [1.29, 1.82) is 0 Å². The van der Waals surface area contributed by atoms with Crippen LogP contribution in [0.5, 0.6) is 0 Å². The molecule has 90 valence electrons. The molecule has 0 saturated heterocycles. The van der Waals surface area contributed by atoms with Gasteiger partial charge in [0, 0.05) is 0 Å². The second-order valence-electron chi connectivity index (χ2n) is 4.20. The zero-order chi connectivity index (χ0) is 12.8. The average Bonchev–Trinajstić information content (AvgIpc) is 2.41. The lowest BCUT2D eigenvalue weighted by Gasteiger charge is -2.14. The van der Waals surface area contributed by atoms with Gasteiger partial charge in [-0.25, -0.2) is 0 Å². The molecule has 0 aliphatic heterocycles. The van der Waals surface area contributed by atoms with Crippen molar-refractivity contribution < 1.29 is 0 Å². The van der Waals surface area contributed by atoms with Crippen molar-refractivity contribution in [3.05, 3.63) is 84.7 Å². The second-order valence-corrected chi connectivity index (χ2v) is 6.27. The van der Waals surface area contributed by atoms with E-state index in [1.54, 1.807) is 0 Å². The number of hydrogen-bond acceptors (Lipinski definition) is 0. The van der Waals surface area contributed by atoms with E-state index in [1.165, 1.54) is 10.6 Å². The second kappa shape index (κ2) is 6.33. The lowest BCUT2D eigenvalue weighted by molar-refractivity contribution is 1.57. The van der Waals surface area contributed by atoms with E-state index in [2.05, 4.69) is 79.1 Å². The Labute approximate surface area is 110 Å². The summed E-state index contributed by atoms with van der Waals surface area (Å²) >= 11 is 0. The molecule has 0 aliphatic rings. The Bertz CT molecular complexity index is 487. The molecule has 1 heteroatoms. The van der Waals surface area contributed by atoms with Crippen molar-refractivity contribution in [1.82, 2.24) is 0 Å². The van der Waals surface area contributed by atoms with E-state index >= 15 is 0 Å². The maximum Gasteiger partial charge on any atom is -0.0157 e. The zero-order valence-corrected chi connectivity index (χ0v) is 11.5. The lowest BCUT2D eigenvalue weighted by Crippen LogP contribution is -2.09. The van der Waals surface area contributed by atoms with Gasteiger partial charge in [-0.3, -0.25) is 0 Å². The molecule has 2 aromatic carbocycles. The first kappa shape index (κ1) is 12.8. The summed E-state index contributed by atoms with van der Waals surface area (Å²) in [7, 11) is -0.425. The van der Waals surface area contributed by atoms with E-state index in [9.17, 15) is 0 Å². The van der Waals surface area contributed by atoms with Crippen LogP contribution in [0.15, 0.2) is 84.7 Å². The van der Waals surface area contributed by atoms with Crippen LogP contribution in [0.3, 0.4) is 0 Å². The summed E-state index contributed by atoms with van der Waals surface area (Å²) in [6.45, 7) is 5.97. The third-order valence-corrected chi connectivity index (χ3v) is 4.73. The predicted molar refractivity (Wildman–Crippen MR) is 83.0 cm³/mol. The molecule has 0 unspecified atom stereocenters. The first-order valence-electron chi connectivity index (χ1n) is 6.00. The van der Waals surface area contributed by atoms with E-state index in [-0.39, 0.29) is 0 Å². The fraction of sp³-hybridized carbons (Fsp3) is 0.0588. The minimum Gasteiger partial charge on any atom is -0.0961 e. The van der Waals surface area contributed by atoms with Crippen LogP contribution in [0.2, 0.25) is 0 Å². The van der Waals surface area contributed by atoms with Gasteiger partial charge in [0.25, 0.3) is 0 Å². The molecule has 0 atom stereocenters. The first-order valence-corrected chi connectivity index (χ1v) is 7.41. The minimum atomic E-state index is -0.425. The summed E-state index contributed by atoms with van der Waals surface area (Å²) in [4.78, 5) is 0. The van der Waals surface area contributed by atoms with Crippen LogP contribution in [0, 0.1) is 0 Å². The fourth-order valence-electron chi connectivity index (χ4n) is 1.70. The van der Waals surface area contributed by atoms with Crippen LogP contribution < -0.4 is 10.6 Å². The quantitative estimate of drug-likeness (QED) is 0.565. The highest BCUT2D eigenvalue weighted by Crippen LogP contribution is 2.35. The zero-order valence-electron chi connectivity index (χ0n) is 10.6. The maximum atomic E-state index is 3.94. The summed E-state index contributed by atoms with van der Waals surface area (Å²) < 4.78 is 0. The predicted octanol–water partition coefficient (Wildman–Crippen LogP) is 4.21. The SMILES string of the molecule is C=C(C)C=CP(c1ccccc1)c1ccccc1. The first-order chi connectivity index (χ1) is 8.77. The Hall–Kier alpha value is -1.65. The third-order valence-electron chi connectivity index (χ3n) is 2.58. The summed E-state index contributed by atoms with van der Waals surface area (Å²) in [5, 5.41) is 2.74. The molecular weight excluding hydrogens is 235 g/mol. The van der Waals surface area contributed by atoms with Crippen LogP contribution in [0.25, 0.3) is 0 Å². The normalized spacial score (nSPS) is 11.0. The van der Waals surface area contributed by atoms with Gasteiger partial charge in [0.15, 0.2) is 0 Å². The van der Waals surface area contributed by atoms with Crippen LogP contribution in [0.4, 0.5) is 0 Å². The molecule has 0 heterocycles. The highest BCUT2D eigenvalue weighted by Gasteiger charge is 2.08. The van der Waals surface area contributed by atoms with E-state index in [0.717, 1.165) is 5.57 Å². The van der Waals surface area contributed by atoms with Crippen molar-refractivity contribution in [2.45, 2.75) is 6.92 Å². The highest BCUT2D eigenvalue weighted by atomic mass is 31.1. The third kappa shape index (κ3) is 3.42. The Kier molecular flexibility index (Phi) is 4.50.